The third kappa shape index (κ3) is 17.1. The summed E-state index contributed by atoms with van der Waals surface area (Å²) in [6.45, 7) is 18.0. The van der Waals surface area contributed by atoms with Gasteiger partial charge in [-0.25, -0.2) is 22.7 Å². The lowest BCUT2D eigenvalue weighted by Crippen LogP contribution is -2.47. The Balaban J connectivity index is 1.12. The zero-order valence-corrected chi connectivity index (χ0v) is 51.7. The van der Waals surface area contributed by atoms with E-state index in [0.29, 0.717) is 65.2 Å². The van der Waals surface area contributed by atoms with E-state index in [0.717, 1.165) is 38.2 Å². The number of nitrogens with one attached hydrogen (secondary N) is 4. The Bertz CT molecular complexity index is 3600. The summed E-state index contributed by atoms with van der Waals surface area (Å²) >= 11 is 0. The molecule has 6 aromatic rings. The van der Waals surface area contributed by atoms with E-state index < -0.39 is 81.9 Å². The van der Waals surface area contributed by atoms with Crippen molar-refractivity contribution in [1.82, 2.24) is 20.7 Å². The summed E-state index contributed by atoms with van der Waals surface area (Å²) in [5.41, 5.74) is 9.99. The van der Waals surface area contributed by atoms with Crippen LogP contribution in [-0.2, 0) is 51.7 Å². The molecular formula is C67H82N6O12S. The number of methoxy groups -OCH3 is 1. The van der Waals surface area contributed by atoms with Crippen LogP contribution >= 0.6 is 0 Å². The van der Waals surface area contributed by atoms with E-state index in [1.54, 1.807) is 59.9 Å². The van der Waals surface area contributed by atoms with Gasteiger partial charge in [-0.3, -0.25) is 19.4 Å². The van der Waals surface area contributed by atoms with Gasteiger partial charge in [0.25, 0.3) is 15.9 Å². The maximum Gasteiger partial charge on any atom is 0.407 e. The van der Waals surface area contributed by atoms with Gasteiger partial charge in [0.2, 0.25) is 11.9 Å². The van der Waals surface area contributed by atoms with Gasteiger partial charge in [-0.2, -0.15) is 0 Å². The van der Waals surface area contributed by atoms with E-state index >= 15 is 0 Å². The minimum Gasteiger partial charge on any atom is -0.496 e. The van der Waals surface area contributed by atoms with Gasteiger partial charge >= 0.3 is 12.1 Å². The fraction of sp³-hybridized carbons (Fsp3) is 0.403. The molecule has 0 unspecified atom stereocenters. The Morgan fingerprint density at radius 1 is 0.791 bits per heavy atom. The van der Waals surface area contributed by atoms with Gasteiger partial charge in [0.15, 0.2) is 12.4 Å². The molecule has 7 rings (SSSR count). The standard InChI is InChI=1S/C67H82N6O12S/c1-11-22-53(63(77)83-40-45-23-13-12-14-24-45)72-62(76)48(27-21-38-69-64(68)73-86(79,80)61-43(3)42(2)60-49(44(61)4)35-36-67(8,9)84-60)39-54(74)52(30-19-20-37-70-65(78)85-66(5,6)7)71-57(75)41-82-56-34-32-47-26-16-18-29-51(47)59(56)58-50-28-17-15-25-46(50)31-33-55(58)81-10/h11-18,23-26,28-29,31-34,48,52-53H,1,19-22,27,30,35-41H2,2-10H3,(H,70,78)(H,71,75)(H,72,76)(H3,68,69,73)/t48-,52+,53-/m0/s1. The van der Waals surface area contributed by atoms with Crippen LogP contribution in [0.2, 0.25) is 0 Å². The molecule has 86 heavy (non-hydrogen) atoms. The second-order valence-electron chi connectivity index (χ2n) is 23.3. The molecule has 0 bridgehead atoms. The Morgan fingerprint density at radius 3 is 2.08 bits per heavy atom. The average Bonchev–Trinajstić information content (AvgIpc) is 0.866. The highest BCUT2D eigenvalue weighted by molar-refractivity contribution is 7.90. The van der Waals surface area contributed by atoms with Crippen molar-refractivity contribution in [1.29, 1.82) is 0 Å². The number of hydrogen-bond acceptors (Lipinski definition) is 13. The van der Waals surface area contributed by atoms with Gasteiger partial charge in [-0.1, -0.05) is 97.1 Å². The second-order valence-corrected chi connectivity index (χ2v) is 24.9. The first-order valence-corrected chi connectivity index (χ1v) is 30.6. The molecule has 3 atom stereocenters. The molecule has 0 spiro atoms. The zero-order valence-electron chi connectivity index (χ0n) is 50.9. The van der Waals surface area contributed by atoms with Crippen LogP contribution in [0.4, 0.5) is 4.79 Å². The Hall–Kier alpha value is -8.45. The number of amides is 3. The van der Waals surface area contributed by atoms with E-state index in [9.17, 15) is 32.4 Å². The van der Waals surface area contributed by atoms with Crippen LogP contribution in [-0.4, -0.2) is 94.1 Å². The Labute approximate surface area is 505 Å². The molecule has 18 nitrogen and oxygen atoms in total. The summed E-state index contributed by atoms with van der Waals surface area (Å²) in [6.07, 6.45) is 2.85. The summed E-state index contributed by atoms with van der Waals surface area (Å²) in [4.78, 5) is 74.2. The second kappa shape index (κ2) is 29.1. The molecule has 0 aromatic heterocycles. The summed E-state index contributed by atoms with van der Waals surface area (Å²) in [5, 5.41) is 12.1. The number of aliphatic imine (C=N–C) groups is 1. The third-order valence-electron chi connectivity index (χ3n) is 15.1. The molecule has 19 heteroatoms. The van der Waals surface area contributed by atoms with Crippen molar-refractivity contribution in [3.63, 3.8) is 0 Å². The normalized spacial score (nSPS) is 14.1. The number of rotatable bonds is 27. The third-order valence-corrected chi connectivity index (χ3v) is 16.8. The van der Waals surface area contributed by atoms with Crippen molar-refractivity contribution in [2.45, 2.75) is 148 Å². The van der Waals surface area contributed by atoms with Gasteiger partial charge in [0, 0.05) is 36.6 Å². The highest BCUT2D eigenvalue weighted by atomic mass is 32.2. The van der Waals surface area contributed by atoms with Crippen LogP contribution < -0.4 is 40.6 Å². The van der Waals surface area contributed by atoms with Crippen LogP contribution in [0.1, 0.15) is 114 Å². The summed E-state index contributed by atoms with van der Waals surface area (Å²) in [7, 11) is -2.64. The SMILES string of the molecule is C=CC[C@H](NC(=O)[C@@H](CCCN=C(N)NS(=O)(=O)c1c(C)c(C)c2c(c1C)CCC(C)(C)O2)CC(=O)[C@@H](CCCCNC(=O)OC(C)(C)C)NC(=O)COc1ccc2ccccc2c1-c1c(OC)ccc2ccccc12)C(=O)OCc1ccccc1. The van der Waals surface area contributed by atoms with Crippen LogP contribution in [0.25, 0.3) is 32.7 Å². The lowest BCUT2D eigenvalue weighted by atomic mass is 9.88. The molecule has 458 valence electrons. The average molecular weight is 1200 g/mol. The smallest absolute Gasteiger partial charge is 0.407 e. The van der Waals surface area contributed by atoms with E-state index in [1.165, 1.54) is 6.08 Å². The van der Waals surface area contributed by atoms with Crippen LogP contribution in [0.5, 0.6) is 17.2 Å². The molecule has 0 fully saturated rings. The van der Waals surface area contributed by atoms with Gasteiger partial charge < -0.3 is 45.4 Å². The number of ether oxygens (including phenoxy) is 5. The number of alkyl carbamates (subject to hydrolysis) is 1. The maximum atomic E-state index is 14.8. The molecule has 3 amide bonds. The summed E-state index contributed by atoms with van der Waals surface area (Å²) in [5.74, 6) is -2.27. The number of esters is 1. The first kappa shape index (κ1) is 65.1. The highest BCUT2D eigenvalue weighted by Crippen LogP contribution is 2.46. The van der Waals surface area contributed by atoms with Gasteiger partial charge in [0.1, 0.15) is 41.1 Å². The summed E-state index contributed by atoms with van der Waals surface area (Å²) in [6, 6.07) is 30.0. The van der Waals surface area contributed by atoms with Crippen molar-refractivity contribution in [3.8, 4) is 28.4 Å². The van der Waals surface area contributed by atoms with Crippen molar-refractivity contribution in [2.75, 3.05) is 26.8 Å². The molecule has 0 radical (unpaired) electrons. The fourth-order valence-corrected chi connectivity index (χ4v) is 12.2. The Kier molecular flexibility index (Phi) is 22.0. The van der Waals surface area contributed by atoms with E-state index in [2.05, 4.69) is 32.2 Å². The number of carbonyl (C=O) groups is 5. The van der Waals surface area contributed by atoms with Gasteiger partial charge in [-0.05, 0) is 168 Å². The molecule has 0 saturated heterocycles. The lowest BCUT2D eigenvalue weighted by molar-refractivity contribution is -0.149. The molecule has 0 saturated carbocycles. The quantitative estimate of drug-likeness (QED) is 0.0106. The number of hydrogen-bond donors (Lipinski definition) is 5. The van der Waals surface area contributed by atoms with E-state index in [1.807, 2.05) is 106 Å². The topological polar surface area (TPSA) is 252 Å². The van der Waals surface area contributed by atoms with Crippen LogP contribution in [0.15, 0.2) is 126 Å². The van der Waals surface area contributed by atoms with Gasteiger partial charge in [-0.15, -0.1) is 6.58 Å². The minimum absolute atomic E-state index is 0.0108. The number of nitrogens with two attached hydrogens (primary N) is 1. The van der Waals surface area contributed by atoms with Crippen molar-refractivity contribution < 1.29 is 56.1 Å². The van der Waals surface area contributed by atoms with Crippen molar-refractivity contribution >= 4 is 67.2 Å². The number of fused-ring (bicyclic) bond motifs is 3. The number of guanidine groups is 1. The molecule has 6 N–H and O–H groups in total. The Morgan fingerprint density at radius 2 is 1.43 bits per heavy atom. The number of ketones is 1. The maximum absolute atomic E-state index is 14.8. The molecule has 1 aliphatic rings. The van der Waals surface area contributed by atoms with Crippen molar-refractivity contribution in [2.24, 2.45) is 16.6 Å². The van der Waals surface area contributed by atoms with E-state index in [-0.39, 0.29) is 56.2 Å². The number of unbranched alkanes of at least 4 members (excludes halogenated alkanes) is 1. The number of benzene rings is 6. The molecule has 1 aliphatic heterocycles. The summed E-state index contributed by atoms with van der Waals surface area (Å²) < 4.78 is 60.2. The minimum atomic E-state index is -4.23. The monoisotopic (exact) mass is 1190 g/mol. The predicted molar refractivity (Wildman–Crippen MR) is 335 cm³/mol. The first-order valence-electron chi connectivity index (χ1n) is 29.2. The zero-order chi connectivity index (χ0) is 62.3. The fourth-order valence-electron chi connectivity index (χ4n) is 10.7. The van der Waals surface area contributed by atoms with Gasteiger partial charge in [0.05, 0.1) is 18.0 Å². The molecular weight excluding hydrogens is 1110 g/mol. The van der Waals surface area contributed by atoms with Crippen LogP contribution in [0.3, 0.4) is 0 Å². The van der Waals surface area contributed by atoms with E-state index in [4.69, 9.17) is 29.4 Å². The van der Waals surface area contributed by atoms with Crippen molar-refractivity contribution in [3.05, 3.63) is 144 Å². The lowest BCUT2D eigenvalue weighted by Gasteiger charge is -2.35. The largest absolute Gasteiger partial charge is 0.496 e. The number of carbonyl (C=O) groups excluding carboxylic acids is 5. The highest BCUT2D eigenvalue weighted by Gasteiger charge is 2.35. The number of sulfonamides is 1. The molecule has 1 heterocycles. The number of nitrogens with zero attached hydrogens (tertiary/aromatic N) is 1. The molecule has 0 aliphatic carbocycles. The van der Waals surface area contributed by atoms with Crippen LogP contribution in [0, 0.1) is 26.7 Å². The predicted octanol–water partition coefficient (Wildman–Crippen LogP) is 10.7. The number of Topliss-reactive ketones (excluding diaryl/α,β-unsaturated/α-hetero) is 1. The molecule has 6 aromatic carbocycles. The first-order chi connectivity index (χ1) is 40.9.